The Hall–Kier alpha value is -3.12. The molecule has 0 bridgehead atoms. The molecular formula is C36H41Cl2N3O. The molecule has 0 saturated carbocycles. The average Bonchev–Trinajstić information content (AvgIpc) is 3.31. The van der Waals surface area contributed by atoms with Crippen LogP contribution in [0.2, 0.25) is 0 Å². The molecule has 42 heavy (non-hydrogen) atoms. The van der Waals surface area contributed by atoms with Crippen molar-refractivity contribution in [3.63, 3.8) is 0 Å². The molecule has 1 aliphatic heterocycles. The van der Waals surface area contributed by atoms with Crippen LogP contribution < -0.4 is 0 Å². The molecule has 4 aromatic carbocycles. The van der Waals surface area contributed by atoms with Crippen LogP contribution in [0.5, 0.6) is 0 Å². The van der Waals surface area contributed by atoms with Crippen molar-refractivity contribution in [2.75, 3.05) is 39.3 Å². The van der Waals surface area contributed by atoms with Crippen molar-refractivity contribution in [1.29, 1.82) is 0 Å². The van der Waals surface area contributed by atoms with Crippen molar-refractivity contribution in [2.24, 2.45) is 0 Å². The molecule has 4 nitrogen and oxygen atoms in total. The van der Waals surface area contributed by atoms with Gasteiger partial charge < -0.3 is 14.6 Å². The van der Waals surface area contributed by atoms with Gasteiger partial charge >= 0.3 is 0 Å². The number of nitrogens with zero attached hydrogens (tertiary/aromatic N) is 3. The fraction of sp³-hybridized carbons (Fsp3) is 0.278. The van der Waals surface area contributed by atoms with E-state index < -0.39 is 6.10 Å². The van der Waals surface area contributed by atoms with E-state index in [0.29, 0.717) is 13.1 Å². The maximum Gasteiger partial charge on any atom is 0.0845 e. The topological polar surface area (TPSA) is 31.6 Å². The molecule has 2 heterocycles. The lowest BCUT2D eigenvalue weighted by Gasteiger charge is -2.35. The lowest BCUT2D eigenvalue weighted by atomic mass is 9.98. The van der Waals surface area contributed by atoms with Crippen molar-refractivity contribution in [3.8, 4) is 22.4 Å². The molecule has 1 aliphatic rings. The zero-order valence-corrected chi connectivity index (χ0v) is 25.9. The maximum atomic E-state index is 11.5. The molecule has 0 spiro atoms. The number of benzene rings is 4. The van der Waals surface area contributed by atoms with Gasteiger partial charge in [-0.1, -0.05) is 103 Å². The fourth-order valence-corrected chi connectivity index (χ4v) is 6.15. The van der Waals surface area contributed by atoms with Gasteiger partial charge in [0.15, 0.2) is 0 Å². The highest BCUT2D eigenvalue weighted by Gasteiger charge is 2.24. The third-order valence-corrected chi connectivity index (χ3v) is 8.22. The summed E-state index contributed by atoms with van der Waals surface area (Å²) in [6.07, 6.45) is 0.634. The Kier molecular flexibility index (Phi) is 11.3. The first-order chi connectivity index (χ1) is 19.7. The second-order valence-electron chi connectivity index (χ2n) is 11.1. The Bertz CT molecular complexity index is 1530. The standard InChI is InChI=1S/C36H39N3O.2ClH/c1-28-17-18-34-33(25-28)35(30-13-7-3-8-14-30)36(31-15-9-4-10-16-31)39(34)27-32(40)26-38-23-21-37(22-24-38)20-19-29-11-5-2-6-12-29;;/h2-18,25,32,40H,19-24,26-27H2,1H3;2*1H. The van der Waals surface area contributed by atoms with Crippen molar-refractivity contribution >= 4 is 35.7 Å². The largest absolute Gasteiger partial charge is 0.390 e. The molecule has 1 unspecified atom stereocenters. The Morgan fingerprint density at radius 2 is 1.24 bits per heavy atom. The number of aliphatic hydroxyl groups is 1. The van der Waals surface area contributed by atoms with Crippen LogP contribution in [0.3, 0.4) is 0 Å². The summed E-state index contributed by atoms with van der Waals surface area (Å²) in [6, 6.07) is 38.8. The lowest BCUT2D eigenvalue weighted by Crippen LogP contribution is -2.49. The van der Waals surface area contributed by atoms with Gasteiger partial charge in [-0.3, -0.25) is 4.90 Å². The Labute approximate surface area is 262 Å². The zero-order chi connectivity index (χ0) is 27.3. The average molecular weight is 603 g/mol. The number of hydrogen-bond donors (Lipinski definition) is 1. The minimum atomic E-state index is -0.459. The van der Waals surface area contributed by atoms with Crippen LogP contribution in [0.4, 0.5) is 0 Å². The van der Waals surface area contributed by atoms with E-state index in [9.17, 15) is 5.11 Å². The summed E-state index contributed by atoms with van der Waals surface area (Å²) in [5, 5.41) is 12.7. The smallest absolute Gasteiger partial charge is 0.0845 e. The van der Waals surface area contributed by atoms with Crippen LogP contribution in [-0.2, 0) is 13.0 Å². The van der Waals surface area contributed by atoms with Crippen LogP contribution in [0.15, 0.2) is 109 Å². The molecular weight excluding hydrogens is 561 g/mol. The Morgan fingerprint density at radius 1 is 0.667 bits per heavy atom. The van der Waals surface area contributed by atoms with Gasteiger partial charge in [0.05, 0.1) is 18.3 Å². The molecule has 6 rings (SSSR count). The predicted molar refractivity (Wildman–Crippen MR) is 181 cm³/mol. The Balaban J connectivity index is 0.00000202. The van der Waals surface area contributed by atoms with Gasteiger partial charge in [-0.2, -0.15) is 0 Å². The predicted octanol–water partition coefficient (Wildman–Crippen LogP) is 7.35. The molecule has 1 saturated heterocycles. The third-order valence-electron chi connectivity index (χ3n) is 8.22. The van der Waals surface area contributed by atoms with E-state index in [2.05, 4.69) is 130 Å². The summed E-state index contributed by atoms with van der Waals surface area (Å²) < 4.78 is 2.35. The molecule has 1 atom stereocenters. The monoisotopic (exact) mass is 601 g/mol. The molecule has 6 heteroatoms. The van der Waals surface area contributed by atoms with Crippen molar-refractivity contribution in [1.82, 2.24) is 14.4 Å². The second kappa shape index (κ2) is 14.9. The number of rotatable bonds is 9. The third kappa shape index (κ3) is 7.26. The van der Waals surface area contributed by atoms with E-state index >= 15 is 0 Å². The zero-order valence-electron chi connectivity index (χ0n) is 24.2. The highest BCUT2D eigenvalue weighted by Crippen LogP contribution is 2.41. The molecule has 5 aromatic rings. The van der Waals surface area contributed by atoms with Crippen LogP contribution in [0.1, 0.15) is 11.1 Å². The molecule has 220 valence electrons. The van der Waals surface area contributed by atoms with Crippen molar-refractivity contribution in [3.05, 3.63) is 120 Å². The molecule has 0 radical (unpaired) electrons. The number of hydrogen-bond acceptors (Lipinski definition) is 3. The highest BCUT2D eigenvalue weighted by molar-refractivity contribution is 6.04. The number of halogens is 2. The maximum absolute atomic E-state index is 11.5. The normalized spacial score (nSPS) is 14.7. The molecule has 1 fully saturated rings. The van der Waals surface area contributed by atoms with Crippen LogP contribution in [-0.4, -0.2) is 64.8 Å². The summed E-state index contributed by atoms with van der Waals surface area (Å²) in [4.78, 5) is 4.98. The number of aryl methyl sites for hydroxylation is 1. The fourth-order valence-electron chi connectivity index (χ4n) is 6.15. The molecule has 0 amide bonds. The molecule has 1 aromatic heterocycles. The van der Waals surface area contributed by atoms with Crippen LogP contribution in [0, 0.1) is 6.92 Å². The lowest BCUT2D eigenvalue weighted by molar-refractivity contribution is 0.0656. The van der Waals surface area contributed by atoms with Gasteiger partial charge in [0.1, 0.15) is 0 Å². The quantitative estimate of drug-likeness (QED) is 0.192. The van der Waals surface area contributed by atoms with Crippen molar-refractivity contribution in [2.45, 2.75) is 26.0 Å². The summed E-state index contributed by atoms with van der Waals surface area (Å²) >= 11 is 0. The van der Waals surface area contributed by atoms with Gasteiger partial charge in [0, 0.05) is 55.7 Å². The minimum Gasteiger partial charge on any atom is -0.390 e. The number of aliphatic hydroxyl groups excluding tert-OH is 1. The van der Waals surface area contributed by atoms with Crippen LogP contribution in [0.25, 0.3) is 33.3 Å². The molecule has 1 N–H and O–H groups in total. The van der Waals surface area contributed by atoms with E-state index in [0.717, 1.165) is 39.1 Å². The van der Waals surface area contributed by atoms with Gasteiger partial charge in [0.2, 0.25) is 0 Å². The number of aromatic nitrogens is 1. The number of piperazine rings is 1. The molecule has 0 aliphatic carbocycles. The summed E-state index contributed by atoms with van der Waals surface area (Å²) in [5.41, 5.74) is 8.62. The second-order valence-corrected chi connectivity index (χ2v) is 11.1. The van der Waals surface area contributed by atoms with E-state index in [4.69, 9.17) is 0 Å². The van der Waals surface area contributed by atoms with E-state index in [1.165, 1.54) is 44.4 Å². The van der Waals surface area contributed by atoms with Crippen molar-refractivity contribution < 1.29 is 5.11 Å². The summed E-state index contributed by atoms with van der Waals surface area (Å²) in [7, 11) is 0. The van der Waals surface area contributed by atoms with E-state index in [-0.39, 0.29) is 24.8 Å². The van der Waals surface area contributed by atoms with Gasteiger partial charge in [0.25, 0.3) is 0 Å². The van der Waals surface area contributed by atoms with E-state index in [1.807, 2.05) is 0 Å². The SMILES string of the molecule is Cc1ccc2c(c1)c(-c1ccccc1)c(-c1ccccc1)n2CC(O)CN1CCN(CCc2ccccc2)CC1.Cl.Cl. The van der Waals surface area contributed by atoms with Crippen LogP contribution >= 0.6 is 24.8 Å². The van der Waals surface area contributed by atoms with Gasteiger partial charge in [-0.05, 0) is 42.2 Å². The van der Waals surface area contributed by atoms with Gasteiger partial charge in [-0.25, -0.2) is 0 Å². The van der Waals surface area contributed by atoms with E-state index in [1.54, 1.807) is 0 Å². The summed E-state index contributed by atoms with van der Waals surface area (Å²) in [5.74, 6) is 0. The Morgan fingerprint density at radius 3 is 1.88 bits per heavy atom. The minimum absolute atomic E-state index is 0. The summed E-state index contributed by atoms with van der Waals surface area (Å²) in [6.45, 7) is 8.60. The number of fused-ring (bicyclic) bond motifs is 1. The number of β-amino-alcohol motifs (C(OH)–C–C–N with tert-alkyl or cyclic N) is 1. The first-order valence-electron chi connectivity index (χ1n) is 14.6. The first kappa shape index (κ1) is 31.8. The highest BCUT2D eigenvalue weighted by atomic mass is 35.5. The van der Waals surface area contributed by atoms with Gasteiger partial charge in [-0.15, -0.1) is 24.8 Å². The first-order valence-corrected chi connectivity index (χ1v) is 14.6.